The molecule has 0 radical (unpaired) electrons. The number of rotatable bonds is 2. The summed E-state index contributed by atoms with van der Waals surface area (Å²) in [6.45, 7) is 0. The summed E-state index contributed by atoms with van der Waals surface area (Å²) in [4.78, 5) is 15.9. The first kappa shape index (κ1) is 14.8. The van der Waals surface area contributed by atoms with Crippen LogP contribution in [-0.2, 0) is 0 Å². The van der Waals surface area contributed by atoms with Gasteiger partial charge in [-0.15, -0.1) is 0 Å². The minimum atomic E-state index is -0.352. The number of pyridine rings is 1. The van der Waals surface area contributed by atoms with Crippen LogP contribution in [0.3, 0.4) is 0 Å². The molecule has 3 nitrogen and oxygen atoms in total. The van der Waals surface area contributed by atoms with Crippen molar-refractivity contribution in [2.75, 3.05) is 5.32 Å². The van der Waals surface area contributed by atoms with Crippen LogP contribution in [0.5, 0.6) is 0 Å². The summed E-state index contributed by atoms with van der Waals surface area (Å²) in [5, 5.41) is 3.65. The molecule has 1 amide bonds. The lowest BCUT2D eigenvalue weighted by Crippen LogP contribution is -2.13. The van der Waals surface area contributed by atoms with E-state index in [9.17, 15) is 4.79 Å². The maximum Gasteiger partial charge on any atom is 0.258 e. The van der Waals surface area contributed by atoms with E-state index in [0.717, 1.165) is 3.57 Å². The van der Waals surface area contributed by atoms with Crippen LogP contribution < -0.4 is 5.32 Å². The van der Waals surface area contributed by atoms with Crippen LogP contribution in [0, 0.1) is 3.57 Å². The molecule has 0 aliphatic rings. The van der Waals surface area contributed by atoms with Gasteiger partial charge in [0.2, 0.25) is 0 Å². The highest BCUT2D eigenvalue weighted by atomic mass is 127. The van der Waals surface area contributed by atoms with Crippen molar-refractivity contribution in [3.8, 4) is 0 Å². The Balaban J connectivity index is 2.25. The van der Waals surface area contributed by atoms with Crippen molar-refractivity contribution in [1.29, 1.82) is 0 Å². The van der Waals surface area contributed by atoms with Gasteiger partial charge in [-0.25, -0.2) is 4.98 Å². The summed E-state index contributed by atoms with van der Waals surface area (Å²) in [7, 11) is 0. The number of carbonyl (C=O) groups excluding carboxylic acids is 1. The monoisotopic (exact) mass is 426 g/mol. The molecular weight excluding hydrogens is 421 g/mol. The SMILES string of the molecule is O=C(Nc1ccc(Cl)cc1I)c1ccc(Cl)nc1Cl. The van der Waals surface area contributed by atoms with Gasteiger partial charge in [0, 0.05) is 8.59 Å². The molecule has 0 unspecified atom stereocenters. The number of nitrogens with zero attached hydrogens (tertiary/aromatic N) is 1. The maximum atomic E-state index is 12.1. The van der Waals surface area contributed by atoms with Crippen molar-refractivity contribution in [3.05, 3.63) is 54.8 Å². The van der Waals surface area contributed by atoms with E-state index in [1.165, 1.54) is 12.1 Å². The highest BCUT2D eigenvalue weighted by molar-refractivity contribution is 14.1. The van der Waals surface area contributed by atoms with Crippen LogP contribution in [0.2, 0.25) is 15.3 Å². The van der Waals surface area contributed by atoms with Gasteiger partial charge in [0.05, 0.1) is 11.3 Å². The van der Waals surface area contributed by atoms with Gasteiger partial charge in [0.1, 0.15) is 10.3 Å². The summed E-state index contributed by atoms with van der Waals surface area (Å²) < 4.78 is 0.830. The van der Waals surface area contributed by atoms with E-state index in [4.69, 9.17) is 34.8 Å². The average Bonchev–Trinajstić information content (AvgIpc) is 2.32. The molecule has 19 heavy (non-hydrogen) atoms. The van der Waals surface area contributed by atoms with Crippen molar-refractivity contribution in [1.82, 2.24) is 4.98 Å². The van der Waals surface area contributed by atoms with E-state index in [0.29, 0.717) is 10.7 Å². The molecule has 98 valence electrons. The zero-order valence-corrected chi connectivity index (χ0v) is 13.7. The van der Waals surface area contributed by atoms with Crippen molar-refractivity contribution in [2.45, 2.75) is 0 Å². The Morgan fingerprint density at radius 2 is 1.89 bits per heavy atom. The molecule has 0 saturated carbocycles. The smallest absolute Gasteiger partial charge is 0.258 e. The summed E-state index contributed by atoms with van der Waals surface area (Å²) >= 11 is 19.5. The maximum absolute atomic E-state index is 12.1. The highest BCUT2D eigenvalue weighted by Gasteiger charge is 2.13. The van der Waals surface area contributed by atoms with Crippen molar-refractivity contribution in [3.63, 3.8) is 0 Å². The predicted molar refractivity (Wildman–Crippen MR) is 86.4 cm³/mol. The molecule has 0 aliphatic heterocycles. The van der Waals surface area contributed by atoms with Gasteiger partial charge < -0.3 is 5.32 Å². The number of hydrogen-bond donors (Lipinski definition) is 1. The Morgan fingerprint density at radius 1 is 1.16 bits per heavy atom. The molecule has 1 aromatic carbocycles. The number of nitrogens with one attached hydrogen (secondary N) is 1. The lowest BCUT2D eigenvalue weighted by molar-refractivity contribution is 0.102. The fraction of sp³-hybridized carbons (Fsp3) is 0. The van der Waals surface area contributed by atoms with Crippen molar-refractivity contribution in [2.24, 2.45) is 0 Å². The third-order valence-corrected chi connectivity index (χ3v) is 3.86. The molecule has 1 N–H and O–H groups in total. The third-order valence-electron chi connectivity index (χ3n) is 2.24. The predicted octanol–water partition coefficient (Wildman–Crippen LogP) is 4.90. The van der Waals surface area contributed by atoms with Crippen molar-refractivity contribution >= 4 is 69.0 Å². The van der Waals surface area contributed by atoms with Crippen LogP contribution in [0.4, 0.5) is 5.69 Å². The summed E-state index contributed by atoms with van der Waals surface area (Å²) in [5.74, 6) is -0.352. The van der Waals surface area contributed by atoms with E-state index in [2.05, 4.69) is 32.9 Å². The van der Waals surface area contributed by atoms with E-state index in [1.54, 1.807) is 18.2 Å². The Bertz CT molecular complexity index is 649. The molecule has 2 aromatic rings. The molecular formula is C12H6Cl3IN2O. The average molecular weight is 427 g/mol. The Labute approximate surface area is 138 Å². The second kappa shape index (κ2) is 6.26. The van der Waals surface area contributed by atoms with Crippen LogP contribution >= 0.6 is 57.4 Å². The summed E-state index contributed by atoms with van der Waals surface area (Å²) in [5.41, 5.74) is 0.915. The lowest BCUT2D eigenvalue weighted by atomic mass is 10.2. The number of carbonyl (C=O) groups is 1. The minimum Gasteiger partial charge on any atom is -0.321 e. The van der Waals surface area contributed by atoms with E-state index in [-0.39, 0.29) is 21.8 Å². The molecule has 1 heterocycles. The standard InChI is InChI=1S/C12H6Cl3IN2O/c13-6-1-3-9(8(16)5-6)17-12(19)7-2-4-10(14)18-11(7)15/h1-5H,(H,17,19). The second-order valence-corrected chi connectivity index (χ2v) is 5.89. The molecule has 2 rings (SSSR count). The number of halogens is 4. The second-order valence-electron chi connectivity index (χ2n) is 3.55. The van der Waals surface area contributed by atoms with Crippen LogP contribution in [0.1, 0.15) is 10.4 Å². The van der Waals surface area contributed by atoms with E-state index >= 15 is 0 Å². The molecule has 0 atom stereocenters. The van der Waals surface area contributed by atoms with Gasteiger partial charge in [-0.1, -0.05) is 34.8 Å². The number of amides is 1. The normalized spacial score (nSPS) is 10.3. The van der Waals surface area contributed by atoms with E-state index < -0.39 is 0 Å². The van der Waals surface area contributed by atoms with Gasteiger partial charge in [0.25, 0.3) is 5.91 Å². The number of hydrogen-bond acceptors (Lipinski definition) is 2. The fourth-order valence-electron chi connectivity index (χ4n) is 1.36. The zero-order valence-electron chi connectivity index (χ0n) is 9.25. The van der Waals surface area contributed by atoms with Gasteiger partial charge in [-0.05, 0) is 52.9 Å². The molecule has 0 bridgehead atoms. The molecule has 0 aliphatic carbocycles. The first-order chi connectivity index (χ1) is 8.97. The van der Waals surface area contributed by atoms with Crippen LogP contribution in [0.25, 0.3) is 0 Å². The third kappa shape index (κ3) is 3.72. The van der Waals surface area contributed by atoms with Gasteiger partial charge in [0.15, 0.2) is 0 Å². The van der Waals surface area contributed by atoms with Crippen LogP contribution in [-0.4, -0.2) is 10.9 Å². The quantitative estimate of drug-likeness (QED) is 0.547. The molecule has 0 saturated heterocycles. The van der Waals surface area contributed by atoms with Gasteiger partial charge in [-0.3, -0.25) is 4.79 Å². The van der Waals surface area contributed by atoms with Crippen LogP contribution in [0.15, 0.2) is 30.3 Å². The first-order valence-electron chi connectivity index (χ1n) is 5.06. The van der Waals surface area contributed by atoms with E-state index in [1.807, 2.05) is 0 Å². The molecule has 7 heteroatoms. The number of anilines is 1. The topological polar surface area (TPSA) is 42.0 Å². The fourth-order valence-corrected chi connectivity index (χ4v) is 2.80. The molecule has 0 spiro atoms. The summed E-state index contributed by atoms with van der Waals surface area (Å²) in [6, 6.07) is 8.20. The van der Waals surface area contributed by atoms with Gasteiger partial charge in [-0.2, -0.15) is 0 Å². The largest absolute Gasteiger partial charge is 0.321 e. The Hall–Kier alpha value is -0.560. The Morgan fingerprint density at radius 3 is 2.53 bits per heavy atom. The number of benzene rings is 1. The first-order valence-corrected chi connectivity index (χ1v) is 7.27. The summed E-state index contributed by atoms with van der Waals surface area (Å²) in [6.07, 6.45) is 0. The highest BCUT2D eigenvalue weighted by Crippen LogP contribution is 2.24. The molecule has 0 fully saturated rings. The molecule has 1 aromatic heterocycles. The van der Waals surface area contributed by atoms with Crippen molar-refractivity contribution < 1.29 is 4.79 Å². The lowest BCUT2D eigenvalue weighted by Gasteiger charge is -2.08. The minimum absolute atomic E-state index is 0.0639. The zero-order chi connectivity index (χ0) is 14.0. The van der Waals surface area contributed by atoms with Gasteiger partial charge >= 0.3 is 0 Å². The number of aromatic nitrogens is 1. The Kier molecular flexibility index (Phi) is 4.89.